The van der Waals surface area contributed by atoms with Crippen LogP contribution in [0.5, 0.6) is 0 Å². The predicted molar refractivity (Wildman–Crippen MR) is 92.2 cm³/mol. The van der Waals surface area contributed by atoms with Crippen LogP contribution in [-0.2, 0) is 27.8 Å². The highest BCUT2D eigenvalue weighted by Crippen LogP contribution is 2.21. The van der Waals surface area contributed by atoms with E-state index in [0.29, 0.717) is 11.6 Å². The molecule has 0 aliphatic carbocycles. The Hall–Kier alpha value is -1.41. The topological polar surface area (TPSA) is 75.3 Å². The molecule has 0 aliphatic rings. The van der Waals surface area contributed by atoms with Crippen molar-refractivity contribution in [1.82, 2.24) is 10.0 Å². The first-order valence-corrected chi connectivity index (χ1v) is 9.68. The molecule has 124 valence electrons. The number of thiophene rings is 1. The quantitative estimate of drug-likeness (QED) is 0.784. The summed E-state index contributed by atoms with van der Waals surface area (Å²) < 4.78 is 26.7. The van der Waals surface area contributed by atoms with Gasteiger partial charge in [0.15, 0.2) is 0 Å². The lowest BCUT2D eigenvalue weighted by atomic mass is 10.2. The van der Waals surface area contributed by atoms with Crippen LogP contribution < -0.4 is 10.0 Å². The average molecular weight is 373 g/mol. The normalized spacial score (nSPS) is 11.4. The molecule has 0 fully saturated rings. The van der Waals surface area contributed by atoms with Gasteiger partial charge < -0.3 is 5.32 Å². The Kier molecular flexibility index (Phi) is 6.17. The standard InChI is InChI=1S/C15H17ClN2O3S2/c1-2-13-7-8-15(22-13)23(20,21)18-10-14(19)17-9-11-3-5-12(16)6-4-11/h3-8,18H,2,9-10H2,1H3,(H,17,19). The number of amides is 1. The summed E-state index contributed by atoms with van der Waals surface area (Å²) in [4.78, 5) is 12.7. The number of sulfonamides is 1. The lowest BCUT2D eigenvalue weighted by molar-refractivity contribution is -0.120. The SMILES string of the molecule is CCc1ccc(S(=O)(=O)NCC(=O)NCc2ccc(Cl)cc2)s1. The summed E-state index contributed by atoms with van der Waals surface area (Å²) in [5.74, 6) is -0.393. The van der Waals surface area contributed by atoms with Crippen molar-refractivity contribution < 1.29 is 13.2 Å². The second-order valence-electron chi connectivity index (χ2n) is 4.80. The highest BCUT2D eigenvalue weighted by atomic mass is 35.5. The van der Waals surface area contributed by atoms with E-state index in [1.807, 2.05) is 6.92 Å². The van der Waals surface area contributed by atoms with E-state index in [-0.39, 0.29) is 10.8 Å². The predicted octanol–water partition coefficient (Wildman–Crippen LogP) is 2.56. The van der Waals surface area contributed by atoms with Crippen molar-refractivity contribution in [1.29, 1.82) is 0 Å². The summed E-state index contributed by atoms with van der Waals surface area (Å²) >= 11 is 6.99. The van der Waals surface area contributed by atoms with Crippen LogP contribution in [0.4, 0.5) is 0 Å². The van der Waals surface area contributed by atoms with Gasteiger partial charge in [-0.25, -0.2) is 13.1 Å². The fourth-order valence-corrected chi connectivity index (χ4v) is 4.24. The molecular weight excluding hydrogens is 356 g/mol. The van der Waals surface area contributed by atoms with Crippen molar-refractivity contribution in [2.75, 3.05) is 6.54 Å². The summed E-state index contributed by atoms with van der Waals surface area (Å²) in [5, 5.41) is 3.27. The summed E-state index contributed by atoms with van der Waals surface area (Å²) in [5.41, 5.74) is 0.886. The molecule has 0 saturated carbocycles. The van der Waals surface area contributed by atoms with E-state index in [9.17, 15) is 13.2 Å². The second kappa shape index (κ2) is 7.92. The fraction of sp³-hybridized carbons (Fsp3) is 0.267. The number of rotatable bonds is 7. The molecule has 1 aromatic heterocycles. The number of benzene rings is 1. The molecule has 1 amide bonds. The molecule has 0 aliphatic heterocycles. The van der Waals surface area contributed by atoms with Crippen LogP contribution in [-0.4, -0.2) is 20.9 Å². The lowest BCUT2D eigenvalue weighted by Crippen LogP contribution is -2.36. The van der Waals surface area contributed by atoms with Crippen LogP contribution in [0.25, 0.3) is 0 Å². The minimum Gasteiger partial charge on any atom is -0.351 e. The van der Waals surface area contributed by atoms with Gasteiger partial charge in [-0.1, -0.05) is 30.7 Å². The van der Waals surface area contributed by atoms with Crippen molar-refractivity contribution in [3.8, 4) is 0 Å². The minimum absolute atomic E-state index is 0.222. The van der Waals surface area contributed by atoms with Gasteiger partial charge in [-0.05, 0) is 36.2 Å². The number of aryl methyl sites for hydroxylation is 1. The zero-order valence-electron chi connectivity index (χ0n) is 12.5. The third kappa shape index (κ3) is 5.31. The summed E-state index contributed by atoms with van der Waals surface area (Å²) in [6.45, 7) is 1.98. The molecule has 2 N–H and O–H groups in total. The van der Waals surface area contributed by atoms with Crippen molar-refractivity contribution in [3.63, 3.8) is 0 Å². The maximum absolute atomic E-state index is 12.1. The highest BCUT2D eigenvalue weighted by Gasteiger charge is 2.17. The Morgan fingerprint density at radius 3 is 2.48 bits per heavy atom. The maximum Gasteiger partial charge on any atom is 0.250 e. The van der Waals surface area contributed by atoms with E-state index in [0.717, 1.165) is 16.9 Å². The molecule has 5 nitrogen and oxygen atoms in total. The number of carbonyl (C=O) groups excluding carboxylic acids is 1. The minimum atomic E-state index is -3.64. The van der Waals surface area contributed by atoms with Crippen LogP contribution in [0, 0.1) is 0 Å². The van der Waals surface area contributed by atoms with Gasteiger partial charge in [-0.3, -0.25) is 4.79 Å². The van der Waals surface area contributed by atoms with E-state index in [1.165, 1.54) is 11.3 Å². The smallest absolute Gasteiger partial charge is 0.250 e. The van der Waals surface area contributed by atoms with Gasteiger partial charge in [0, 0.05) is 16.4 Å². The van der Waals surface area contributed by atoms with E-state index >= 15 is 0 Å². The van der Waals surface area contributed by atoms with E-state index < -0.39 is 15.9 Å². The van der Waals surface area contributed by atoms with Gasteiger partial charge in [0.25, 0.3) is 10.0 Å². The van der Waals surface area contributed by atoms with Gasteiger partial charge in [-0.15, -0.1) is 11.3 Å². The highest BCUT2D eigenvalue weighted by molar-refractivity contribution is 7.91. The summed E-state index contributed by atoms with van der Waals surface area (Å²) in [6.07, 6.45) is 0.780. The Bertz CT molecular complexity index is 770. The molecule has 1 heterocycles. The van der Waals surface area contributed by atoms with Gasteiger partial charge >= 0.3 is 0 Å². The molecule has 0 spiro atoms. The Morgan fingerprint density at radius 1 is 1.17 bits per heavy atom. The third-order valence-corrected chi connectivity index (χ3v) is 6.45. The number of hydrogen-bond acceptors (Lipinski definition) is 4. The largest absolute Gasteiger partial charge is 0.351 e. The van der Waals surface area contributed by atoms with Gasteiger partial charge in [0.2, 0.25) is 5.91 Å². The number of nitrogens with one attached hydrogen (secondary N) is 2. The number of halogens is 1. The third-order valence-electron chi connectivity index (χ3n) is 3.08. The lowest BCUT2D eigenvalue weighted by Gasteiger charge is -2.07. The first-order valence-electron chi connectivity index (χ1n) is 7.00. The first kappa shape index (κ1) is 17.9. The molecule has 0 bridgehead atoms. The zero-order chi connectivity index (χ0) is 16.9. The Morgan fingerprint density at radius 2 is 1.87 bits per heavy atom. The molecule has 2 rings (SSSR count). The monoisotopic (exact) mass is 372 g/mol. The van der Waals surface area contributed by atoms with Crippen LogP contribution in [0.3, 0.4) is 0 Å². The fourth-order valence-electron chi connectivity index (χ4n) is 1.79. The molecule has 0 atom stereocenters. The maximum atomic E-state index is 12.1. The van der Waals surface area contributed by atoms with E-state index in [2.05, 4.69) is 10.0 Å². The molecule has 2 aromatic rings. The van der Waals surface area contributed by atoms with Gasteiger partial charge in [-0.2, -0.15) is 0 Å². The van der Waals surface area contributed by atoms with Gasteiger partial charge in [0.05, 0.1) is 6.54 Å². The molecule has 0 unspecified atom stereocenters. The molecule has 0 radical (unpaired) electrons. The van der Waals surface area contributed by atoms with Crippen LogP contribution in [0.2, 0.25) is 5.02 Å². The van der Waals surface area contributed by atoms with Crippen LogP contribution in [0.15, 0.2) is 40.6 Å². The molecule has 1 aromatic carbocycles. The summed E-state index contributed by atoms with van der Waals surface area (Å²) in [6, 6.07) is 10.4. The molecular formula is C15H17ClN2O3S2. The summed E-state index contributed by atoms with van der Waals surface area (Å²) in [7, 11) is -3.64. The zero-order valence-corrected chi connectivity index (χ0v) is 14.9. The van der Waals surface area contributed by atoms with Crippen molar-refractivity contribution in [2.45, 2.75) is 24.1 Å². The van der Waals surface area contributed by atoms with Crippen molar-refractivity contribution in [2.24, 2.45) is 0 Å². The second-order valence-corrected chi connectivity index (χ2v) is 8.40. The van der Waals surface area contributed by atoms with Crippen LogP contribution in [0.1, 0.15) is 17.4 Å². The van der Waals surface area contributed by atoms with E-state index in [1.54, 1.807) is 36.4 Å². The van der Waals surface area contributed by atoms with Crippen molar-refractivity contribution in [3.05, 3.63) is 51.9 Å². The number of hydrogen-bond donors (Lipinski definition) is 2. The van der Waals surface area contributed by atoms with Gasteiger partial charge in [0.1, 0.15) is 4.21 Å². The average Bonchev–Trinajstić information content (AvgIpc) is 3.02. The molecule has 8 heteroatoms. The molecule has 0 saturated heterocycles. The Balaban J connectivity index is 1.84. The van der Waals surface area contributed by atoms with Crippen molar-refractivity contribution >= 4 is 38.9 Å². The molecule has 23 heavy (non-hydrogen) atoms. The van der Waals surface area contributed by atoms with E-state index in [4.69, 9.17) is 11.6 Å². The first-order chi connectivity index (χ1) is 10.9. The number of carbonyl (C=O) groups is 1. The Labute approximate surface area is 144 Å². The van der Waals surface area contributed by atoms with Crippen LogP contribution >= 0.6 is 22.9 Å².